The number of nitrogens with zero attached hydrogens (tertiary/aromatic N) is 1. The van der Waals surface area contributed by atoms with Crippen molar-refractivity contribution in [3.63, 3.8) is 0 Å². The lowest BCUT2D eigenvalue weighted by Crippen LogP contribution is -2.36. The highest BCUT2D eigenvalue weighted by Crippen LogP contribution is 2.36. The van der Waals surface area contributed by atoms with Gasteiger partial charge in [-0.2, -0.15) is 0 Å². The number of amides is 1. The van der Waals surface area contributed by atoms with Gasteiger partial charge in [-0.1, -0.05) is 29.3 Å². The van der Waals surface area contributed by atoms with Crippen LogP contribution in [0, 0.1) is 0 Å². The minimum atomic E-state index is 0.126. The van der Waals surface area contributed by atoms with Crippen LogP contribution < -0.4 is 4.74 Å². The van der Waals surface area contributed by atoms with Gasteiger partial charge in [-0.15, -0.1) is 0 Å². The number of carbonyl (C=O) groups is 1. The highest BCUT2D eigenvalue weighted by Gasteiger charge is 2.24. The molecule has 3 heteroatoms. The molecule has 4 rings (SSSR count). The van der Waals surface area contributed by atoms with Crippen LogP contribution in [0.15, 0.2) is 65.7 Å². The predicted octanol–water partition coefficient (Wildman–Crippen LogP) is 4.81. The van der Waals surface area contributed by atoms with E-state index in [9.17, 15) is 4.79 Å². The molecule has 0 spiro atoms. The van der Waals surface area contributed by atoms with Crippen molar-refractivity contribution in [2.45, 2.75) is 25.7 Å². The standard InChI is InChI=1S/C21H21NO2/c23-21(22-14-12-17(13-15-22)16-6-7-16)18-8-10-20(11-9-18)24-19-4-2-1-3-5-19/h1-5,8-11H,6-7,12-15H2. The second-order valence-electron chi connectivity index (χ2n) is 6.44. The molecule has 122 valence electrons. The second kappa shape index (κ2) is 6.52. The molecule has 2 aromatic carbocycles. The summed E-state index contributed by atoms with van der Waals surface area (Å²) in [6, 6.07) is 17.1. The quantitative estimate of drug-likeness (QED) is 0.760. The summed E-state index contributed by atoms with van der Waals surface area (Å²) >= 11 is 0. The van der Waals surface area contributed by atoms with E-state index in [0.29, 0.717) is 0 Å². The molecule has 0 bridgehead atoms. The number of allylic oxidation sites excluding steroid dienone is 1. The van der Waals surface area contributed by atoms with Crippen LogP contribution in [0.3, 0.4) is 0 Å². The summed E-state index contributed by atoms with van der Waals surface area (Å²) in [7, 11) is 0. The summed E-state index contributed by atoms with van der Waals surface area (Å²) in [6.45, 7) is 1.69. The third-order valence-electron chi connectivity index (χ3n) is 4.73. The van der Waals surface area contributed by atoms with Gasteiger partial charge in [0.25, 0.3) is 5.91 Å². The summed E-state index contributed by atoms with van der Waals surface area (Å²) in [6.07, 6.45) is 4.67. The van der Waals surface area contributed by atoms with Crippen LogP contribution in [0.1, 0.15) is 36.0 Å². The minimum Gasteiger partial charge on any atom is -0.457 e. The Morgan fingerprint density at radius 1 is 0.750 bits per heavy atom. The summed E-state index contributed by atoms with van der Waals surface area (Å²) in [4.78, 5) is 14.6. The Hall–Kier alpha value is -2.55. The van der Waals surface area contributed by atoms with E-state index < -0.39 is 0 Å². The molecule has 1 aliphatic heterocycles. The van der Waals surface area contributed by atoms with Gasteiger partial charge in [0.15, 0.2) is 0 Å². The van der Waals surface area contributed by atoms with Crippen LogP contribution >= 0.6 is 0 Å². The van der Waals surface area contributed by atoms with E-state index in [4.69, 9.17) is 4.74 Å². The highest BCUT2D eigenvalue weighted by atomic mass is 16.5. The highest BCUT2D eigenvalue weighted by molar-refractivity contribution is 5.94. The van der Waals surface area contributed by atoms with E-state index in [1.54, 1.807) is 11.1 Å². The van der Waals surface area contributed by atoms with Crippen LogP contribution in [0.4, 0.5) is 0 Å². The van der Waals surface area contributed by atoms with Gasteiger partial charge >= 0.3 is 0 Å². The van der Waals surface area contributed by atoms with Crippen LogP contribution in [0.5, 0.6) is 11.5 Å². The molecule has 0 atom stereocenters. The van der Waals surface area contributed by atoms with Gasteiger partial charge < -0.3 is 9.64 Å². The molecule has 2 fully saturated rings. The molecule has 0 unspecified atom stereocenters. The zero-order valence-corrected chi connectivity index (χ0v) is 13.7. The van der Waals surface area contributed by atoms with Gasteiger partial charge in [0.2, 0.25) is 0 Å². The van der Waals surface area contributed by atoms with Crippen molar-refractivity contribution in [2.24, 2.45) is 0 Å². The fourth-order valence-electron chi connectivity index (χ4n) is 3.22. The molecule has 0 radical (unpaired) electrons. The van der Waals surface area contributed by atoms with Crippen LogP contribution in [0.25, 0.3) is 0 Å². The summed E-state index contributed by atoms with van der Waals surface area (Å²) in [5.74, 6) is 1.67. The lowest BCUT2D eigenvalue weighted by molar-refractivity contribution is 0.0743. The number of rotatable bonds is 3. The average molecular weight is 319 g/mol. The number of ether oxygens (including phenoxy) is 1. The minimum absolute atomic E-state index is 0.126. The molecule has 0 aromatic heterocycles. The summed E-state index contributed by atoms with van der Waals surface area (Å²) in [5.41, 5.74) is 3.98. The van der Waals surface area contributed by atoms with E-state index in [2.05, 4.69) is 0 Å². The van der Waals surface area contributed by atoms with E-state index in [-0.39, 0.29) is 5.91 Å². The van der Waals surface area contributed by atoms with Gasteiger partial charge in [-0.05, 0) is 62.1 Å². The molecule has 1 aliphatic carbocycles. The number of likely N-dealkylation sites (tertiary alicyclic amines) is 1. The Kier molecular flexibility index (Phi) is 4.08. The van der Waals surface area contributed by atoms with Crippen molar-refractivity contribution in [1.82, 2.24) is 4.90 Å². The van der Waals surface area contributed by atoms with Gasteiger partial charge in [0, 0.05) is 18.7 Å². The maximum Gasteiger partial charge on any atom is 0.253 e. The normalized spacial score (nSPS) is 16.9. The van der Waals surface area contributed by atoms with E-state index in [1.165, 1.54) is 12.8 Å². The Labute approximate surface area is 142 Å². The zero-order chi connectivity index (χ0) is 16.4. The third-order valence-corrected chi connectivity index (χ3v) is 4.73. The molecular weight excluding hydrogens is 298 g/mol. The number of benzene rings is 2. The van der Waals surface area contributed by atoms with Crippen molar-refractivity contribution in [3.05, 3.63) is 71.3 Å². The Bertz CT molecular complexity index is 746. The van der Waals surface area contributed by atoms with E-state index in [1.807, 2.05) is 59.5 Å². The maximum absolute atomic E-state index is 12.6. The molecule has 1 saturated carbocycles. The van der Waals surface area contributed by atoms with Crippen LogP contribution in [-0.2, 0) is 0 Å². The molecule has 3 nitrogen and oxygen atoms in total. The van der Waals surface area contributed by atoms with Crippen molar-refractivity contribution < 1.29 is 9.53 Å². The fraction of sp³-hybridized carbons (Fsp3) is 0.286. The SMILES string of the molecule is O=C(c1ccc(Oc2ccccc2)cc1)N1CCC(=C2CC2)CC1. The molecule has 1 amide bonds. The number of hydrogen-bond acceptors (Lipinski definition) is 2. The van der Waals surface area contributed by atoms with Crippen molar-refractivity contribution in [2.75, 3.05) is 13.1 Å². The number of para-hydroxylation sites is 1. The average Bonchev–Trinajstić information content (AvgIpc) is 3.48. The van der Waals surface area contributed by atoms with E-state index >= 15 is 0 Å². The largest absolute Gasteiger partial charge is 0.457 e. The van der Waals surface area contributed by atoms with Gasteiger partial charge in [0.05, 0.1) is 0 Å². The van der Waals surface area contributed by atoms with Gasteiger partial charge in [-0.3, -0.25) is 4.79 Å². The number of carbonyl (C=O) groups excluding carboxylic acids is 1. The fourth-order valence-corrected chi connectivity index (χ4v) is 3.22. The van der Waals surface area contributed by atoms with Crippen molar-refractivity contribution >= 4 is 5.91 Å². The van der Waals surface area contributed by atoms with Crippen molar-refractivity contribution in [1.29, 1.82) is 0 Å². The van der Waals surface area contributed by atoms with Crippen LogP contribution in [-0.4, -0.2) is 23.9 Å². The third kappa shape index (κ3) is 3.35. The Morgan fingerprint density at radius 3 is 1.96 bits per heavy atom. The molecular formula is C21H21NO2. The van der Waals surface area contributed by atoms with Gasteiger partial charge in [-0.25, -0.2) is 0 Å². The molecule has 1 heterocycles. The first-order chi connectivity index (χ1) is 11.8. The first kappa shape index (κ1) is 15.0. The second-order valence-corrected chi connectivity index (χ2v) is 6.44. The molecule has 2 aliphatic rings. The molecule has 1 saturated heterocycles. The van der Waals surface area contributed by atoms with Crippen molar-refractivity contribution in [3.8, 4) is 11.5 Å². The van der Waals surface area contributed by atoms with Crippen LogP contribution in [0.2, 0.25) is 0 Å². The Morgan fingerprint density at radius 2 is 1.33 bits per heavy atom. The number of hydrogen-bond donors (Lipinski definition) is 0. The zero-order valence-electron chi connectivity index (χ0n) is 13.7. The smallest absolute Gasteiger partial charge is 0.253 e. The maximum atomic E-state index is 12.6. The predicted molar refractivity (Wildman–Crippen MR) is 94.4 cm³/mol. The van der Waals surface area contributed by atoms with E-state index in [0.717, 1.165) is 43.0 Å². The first-order valence-corrected chi connectivity index (χ1v) is 8.61. The monoisotopic (exact) mass is 319 g/mol. The molecule has 24 heavy (non-hydrogen) atoms. The number of piperidine rings is 1. The summed E-state index contributed by atoms with van der Waals surface area (Å²) in [5, 5.41) is 0. The van der Waals surface area contributed by atoms with Gasteiger partial charge in [0.1, 0.15) is 11.5 Å². The lowest BCUT2D eigenvalue weighted by atomic mass is 10.0. The molecule has 0 N–H and O–H groups in total. The first-order valence-electron chi connectivity index (χ1n) is 8.61. The Balaban J connectivity index is 1.39. The molecule has 2 aromatic rings. The lowest BCUT2D eigenvalue weighted by Gasteiger charge is -2.28. The topological polar surface area (TPSA) is 29.5 Å². The summed E-state index contributed by atoms with van der Waals surface area (Å²) < 4.78 is 5.77.